The van der Waals surface area contributed by atoms with Gasteiger partial charge in [0.1, 0.15) is 5.56 Å². The standard InChI is InChI=1S/C12H8F6N2O3/c1-10(21,12(16,17)18)9-3-5-2-8(20(22)23)6(11(13,14)15)4-7(5)19-9/h2-4,19,21H,1H3. The summed E-state index contributed by atoms with van der Waals surface area (Å²) in [5.74, 6) is 0. The minimum atomic E-state index is -5.09. The lowest BCUT2D eigenvalue weighted by atomic mass is 10.0. The van der Waals surface area contributed by atoms with E-state index in [1.54, 1.807) is 0 Å². The first-order valence-corrected chi connectivity index (χ1v) is 5.93. The number of nitrogens with one attached hydrogen (secondary N) is 1. The SMILES string of the molecule is CC(O)(c1cc2cc([N+](=O)[O-])c(C(F)(F)F)cc2[nH]1)C(F)(F)F. The molecule has 0 saturated heterocycles. The molecule has 1 aromatic carbocycles. The van der Waals surface area contributed by atoms with Crippen molar-refractivity contribution in [2.45, 2.75) is 24.9 Å². The minimum absolute atomic E-state index is 0.260. The third kappa shape index (κ3) is 2.83. The van der Waals surface area contributed by atoms with Gasteiger partial charge in [-0.25, -0.2) is 0 Å². The molecule has 0 aliphatic carbocycles. The number of hydrogen-bond acceptors (Lipinski definition) is 3. The van der Waals surface area contributed by atoms with Crippen LogP contribution < -0.4 is 0 Å². The maximum absolute atomic E-state index is 12.8. The third-order valence-corrected chi connectivity index (χ3v) is 3.32. The van der Waals surface area contributed by atoms with Crippen LogP contribution in [0.1, 0.15) is 18.2 Å². The Morgan fingerprint density at radius 2 is 1.70 bits per heavy atom. The van der Waals surface area contributed by atoms with E-state index in [-0.39, 0.29) is 5.39 Å². The summed E-state index contributed by atoms with van der Waals surface area (Å²) in [7, 11) is 0. The van der Waals surface area contributed by atoms with Gasteiger partial charge in [-0.15, -0.1) is 0 Å². The molecule has 5 nitrogen and oxygen atoms in total. The van der Waals surface area contributed by atoms with Crippen molar-refractivity contribution in [2.75, 3.05) is 0 Å². The van der Waals surface area contributed by atoms with E-state index in [4.69, 9.17) is 0 Å². The number of H-pyrrole nitrogens is 1. The van der Waals surface area contributed by atoms with Crippen LogP contribution in [0.15, 0.2) is 18.2 Å². The van der Waals surface area contributed by atoms with Gasteiger partial charge in [0, 0.05) is 17.0 Å². The fraction of sp³-hybridized carbons (Fsp3) is 0.333. The number of nitro benzene ring substituents is 1. The van der Waals surface area contributed by atoms with E-state index in [1.165, 1.54) is 0 Å². The van der Waals surface area contributed by atoms with Gasteiger partial charge in [-0.1, -0.05) is 0 Å². The van der Waals surface area contributed by atoms with Crippen LogP contribution in [0.2, 0.25) is 0 Å². The second kappa shape index (κ2) is 4.85. The molecule has 0 aliphatic rings. The Kier molecular flexibility index (Phi) is 3.60. The van der Waals surface area contributed by atoms with Crippen molar-refractivity contribution >= 4 is 16.6 Å². The molecule has 1 atom stereocenters. The highest BCUT2D eigenvalue weighted by Gasteiger charge is 2.52. The van der Waals surface area contributed by atoms with E-state index in [2.05, 4.69) is 0 Å². The number of aliphatic hydroxyl groups is 1. The van der Waals surface area contributed by atoms with Crippen LogP contribution in [0, 0.1) is 10.1 Å². The molecule has 2 aromatic rings. The molecular formula is C12H8F6N2O3. The number of nitrogens with zero attached hydrogens (tertiary/aromatic N) is 1. The van der Waals surface area contributed by atoms with E-state index in [9.17, 15) is 41.6 Å². The highest BCUT2D eigenvalue weighted by atomic mass is 19.4. The van der Waals surface area contributed by atoms with Gasteiger partial charge in [-0.3, -0.25) is 10.1 Å². The van der Waals surface area contributed by atoms with Crippen LogP contribution in [-0.4, -0.2) is 21.2 Å². The predicted molar refractivity (Wildman–Crippen MR) is 65.6 cm³/mol. The molecule has 0 saturated carbocycles. The number of fused-ring (bicyclic) bond motifs is 1. The Morgan fingerprint density at radius 1 is 1.13 bits per heavy atom. The van der Waals surface area contributed by atoms with E-state index in [0.29, 0.717) is 19.1 Å². The molecule has 1 heterocycles. The second-order valence-corrected chi connectivity index (χ2v) is 4.96. The van der Waals surface area contributed by atoms with Crippen LogP contribution in [0.3, 0.4) is 0 Å². The fourth-order valence-corrected chi connectivity index (χ4v) is 1.96. The quantitative estimate of drug-likeness (QED) is 0.494. The van der Waals surface area contributed by atoms with Gasteiger partial charge >= 0.3 is 12.4 Å². The van der Waals surface area contributed by atoms with E-state index >= 15 is 0 Å². The predicted octanol–water partition coefficient (Wildman–Crippen LogP) is 3.86. The first-order valence-electron chi connectivity index (χ1n) is 5.93. The van der Waals surface area contributed by atoms with Crippen molar-refractivity contribution in [3.05, 3.63) is 39.6 Å². The average Bonchev–Trinajstić information content (AvgIpc) is 2.77. The zero-order valence-electron chi connectivity index (χ0n) is 11.2. The van der Waals surface area contributed by atoms with E-state index in [0.717, 1.165) is 6.07 Å². The summed E-state index contributed by atoms with van der Waals surface area (Å²) in [4.78, 5) is 11.5. The molecule has 0 spiro atoms. The second-order valence-electron chi connectivity index (χ2n) is 4.96. The van der Waals surface area contributed by atoms with Crippen molar-refractivity contribution in [3.63, 3.8) is 0 Å². The van der Waals surface area contributed by atoms with Gasteiger partial charge < -0.3 is 10.1 Å². The average molecular weight is 342 g/mol. The summed E-state index contributed by atoms with van der Waals surface area (Å²) in [5.41, 5.74) is -7.48. The largest absolute Gasteiger partial charge is 0.423 e. The summed E-state index contributed by atoms with van der Waals surface area (Å²) in [6, 6.07) is 1.56. The lowest BCUT2D eigenvalue weighted by Gasteiger charge is -2.24. The minimum Gasteiger partial charge on any atom is -0.375 e. The van der Waals surface area contributed by atoms with Crippen molar-refractivity contribution in [1.29, 1.82) is 0 Å². The van der Waals surface area contributed by atoms with Crippen molar-refractivity contribution < 1.29 is 36.4 Å². The Morgan fingerprint density at radius 3 is 2.13 bits per heavy atom. The number of aromatic nitrogens is 1. The van der Waals surface area contributed by atoms with Crippen molar-refractivity contribution in [1.82, 2.24) is 4.98 Å². The Hall–Kier alpha value is -2.30. The van der Waals surface area contributed by atoms with E-state index < -0.39 is 45.3 Å². The van der Waals surface area contributed by atoms with Gasteiger partial charge in [0.05, 0.1) is 10.6 Å². The molecule has 0 aliphatic heterocycles. The zero-order valence-corrected chi connectivity index (χ0v) is 11.2. The number of rotatable bonds is 2. The number of nitro groups is 1. The number of hydrogen-bond donors (Lipinski definition) is 2. The molecule has 0 fully saturated rings. The van der Waals surface area contributed by atoms with Gasteiger partial charge in [-0.2, -0.15) is 26.3 Å². The summed E-state index contributed by atoms with van der Waals surface area (Å²) >= 11 is 0. The lowest BCUT2D eigenvalue weighted by Crippen LogP contribution is -2.39. The van der Waals surface area contributed by atoms with Crippen molar-refractivity contribution in [2.24, 2.45) is 0 Å². The lowest BCUT2D eigenvalue weighted by molar-refractivity contribution is -0.387. The first kappa shape index (κ1) is 17.1. The van der Waals surface area contributed by atoms with Crippen LogP contribution in [0.25, 0.3) is 10.9 Å². The Balaban J connectivity index is 2.73. The number of halogens is 6. The van der Waals surface area contributed by atoms with Crippen LogP contribution in [0.4, 0.5) is 32.0 Å². The van der Waals surface area contributed by atoms with E-state index in [1.807, 2.05) is 4.98 Å². The number of aromatic amines is 1. The van der Waals surface area contributed by atoms with Crippen LogP contribution >= 0.6 is 0 Å². The van der Waals surface area contributed by atoms with Gasteiger partial charge in [0.25, 0.3) is 5.69 Å². The Labute approximate surface area is 123 Å². The fourth-order valence-electron chi connectivity index (χ4n) is 1.96. The smallest absolute Gasteiger partial charge is 0.375 e. The molecule has 0 radical (unpaired) electrons. The third-order valence-electron chi connectivity index (χ3n) is 3.32. The van der Waals surface area contributed by atoms with Crippen LogP contribution in [0.5, 0.6) is 0 Å². The number of benzene rings is 1. The molecule has 2 N–H and O–H groups in total. The van der Waals surface area contributed by atoms with Gasteiger partial charge in [0.2, 0.25) is 0 Å². The highest BCUT2D eigenvalue weighted by Crippen LogP contribution is 2.42. The molecule has 23 heavy (non-hydrogen) atoms. The molecule has 0 amide bonds. The van der Waals surface area contributed by atoms with Gasteiger partial charge in [0.15, 0.2) is 5.60 Å². The molecule has 126 valence electrons. The summed E-state index contributed by atoms with van der Waals surface area (Å²) in [6.07, 6.45) is -10.2. The van der Waals surface area contributed by atoms with Gasteiger partial charge in [-0.05, 0) is 19.1 Å². The first-order chi connectivity index (χ1) is 10.2. The zero-order chi connectivity index (χ0) is 17.8. The highest BCUT2D eigenvalue weighted by molar-refractivity contribution is 5.84. The molecule has 11 heteroatoms. The topological polar surface area (TPSA) is 79.2 Å². The molecule has 1 unspecified atom stereocenters. The molecular weight excluding hydrogens is 334 g/mol. The monoisotopic (exact) mass is 342 g/mol. The molecule has 0 bridgehead atoms. The maximum atomic E-state index is 12.8. The summed E-state index contributed by atoms with van der Waals surface area (Å²) < 4.78 is 76.8. The normalized spacial score (nSPS) is 15.7. The summed E-state index contributed by atoms with van der Waals surface area (Å²) in [5, 5.41) is 20.0. The number of alkyl halides is 6. The summed E-state index contributed by atoms with van der Waals surface area (Å²) in [6.45, 7) is 0.413. The van der Waals surface area contributed by atoms with Crippen molar-refractivity contribution in [3.8, 4) is 0 Å². The molecule has 1 aromatic heterocycles. The Bertz CT molecular complexity index is 775. The maximum Gasteiger partial charge on any atom is 0.423 e. The molecule has 2 rings (SSSR count). The van der Waals surface area contributed by atoms with Crippen LogP contribution in [-0.2, 0) is 11.8 Å².